The van der Waals surface area contributed by atoms with Gasteiger partial charge < -0.3 is 10.5 Å². The van der Waals surface area contributed by atoms with Gasteiger partial charge >= 0.3 is 0 Å². The number of benzene rings is 1. The molecule has 8 heteroatoms. The summed E-state index contributed by atoms with van der Waals surface area (Å²) in [6.45, 7) is 2.19. The summed E-state index contributed by atoms with van der Waals surface area (Å²) in [6.07, 6.45) is 1.61. The minimum Gasteiger partial charge on any atom is -0.386 e. The summed E-state index contributed by atoms with van der Waals surface area (Å²) in [7, 11) is 1.69. The van der Waals surface area contributed by atoms with Crippen LogP contribution >= 0.6 is 11.6 Å². The molecule has 2 heterocycles. The Labute approximate surface area is 149 Å². The number of carbonyl (C=O) groups is 1. The minimum atomic E-state index is -0.923. The van der Waals surface area contributed by atoms with Crippen molar-refractivity contribution in [3.8, 4) is 0 Å². The Hall–Kier alpha value is -2.25. The maximum Gasteiger partial charge on any atom is 0.188 e. The summed E-state index contributed by atoms with van der Waals surface area (Å²) in [5, 5.41) is 4.35. The van der Waals surface area contributed by atoms with E-state index >= 15 is 0 Å². The van der Waals surface area contributed by atoms with E-state index in [2.05, 4.69) is 10.1 Å². The Bertz CT molecular complexity index is 864. The number of halogens is 2. The lowest BCUT2D eigenvalue weighted by molar-refractivity contribution is 0.0986. The van der Waals surface area contributed by atoms with Crippen LogP contribution in [0.1, 0.15) is 28.5 Å². The van der Waals surface area contributed by atoms with E-state index in [1.165, 1.54) is 10.7 Å². The molecule has 0 saturated carbocycles. The van der Waals surface area contributed by atoms with E-state index in [-0.39, 0.29) is 31.1 Å². The zero-order chi connectivity index (χ0) is 18.2. The van der Waals surface area contributed by atoms with Gasteiger partial charge in [0.05, 0.1) is 11.6 Å². The highest BCUT2D eigenvalue weighted by atomic mass is 35.5. The van der Waals surface area contributed by atoms with Crippen molar-refractivity contribution in [2.24, 2.45) is 17.8 Å². The first-order valence-corrected chi connectivity index (χ1v) is 8.09. The predicted molar refractivity (Wildman–Crippen MR) is 92.4 cm³/mol. The highest BCUT2D eigenvalue weighted by Crippen LogP contribution is 2.31. The first-order valence-electron chi connectivity index (χ1n) is 7.72. The summed E-state index contributed by atoms with van der Waals surface area (Å²) in [5.41, 5.74) is 5.99. The summed E-state index contributed by atoms with van der Waals surface area (Å²) < 4.78 is 21.2. The molecule has 0 unspecified atom stereocenters. The monoisotopic (exact) mass is 364 g/mol. The number of carbonyl (C=O) groups excluding carboxylic acids is 1. The number of hydrogen-bond acceptors (Lipinski definition) is 5. The van der Waals surface area contributed by atoms with Crippen molar-refractivity contribution in [2.45, 2.75) is 18.9 Å². The van der Waals surface area contributed by atoms with Gasteiger partial charge in [-0.25, -0.2) is 4.39 Å². The molecule has 6 nitrogen and oxygen atoms in total. The van der Waals surface area contributed by atoms with Gasteiger partial charge in [0.15, 0.2) is 5.78 Å². The third-order valence-corrected chi connectivity index (χ3v) is 4.32. The van der Waals surface area contributed by atoms with Crippen LogP contribution in [0.5, 0.6) is 0 Å². The quantitative estimate of drug-likeness (QED) is 0.843. The van der Waals surface area contributed by atoms with Crippen LogP contribution in [0.15, 0.2) is 29.4 Å². The van der Waals surface area contributed by atoms with E-state index in [1.54, 1.807) is 32.3 Å². The zero-order valence-corrected chi connectivity index (χ0v) is 14.7. The fourth-order valence-electron chi connectivity index (χ4n) is 2.89. The van der Waals surface area contributed by atoms with Crippen molar-refractivity contribution < 1.29 is 13.9 Å². The van der Waals surface area contributed by atoms with Crippen LogP contribution in [0, 0.1) is 5.82 Å². The summed E-state index contributed by atoms with van der Waals surface area (Å²) in [4.78, 5) is 16.8. The third-order valence-electron chi connectivity index (χ3n) is 4.05. The molecule has 0 bridgehead atoms. The largest absolute Gasteiger partial charge is 0.386 e. The van der Waals surface area contributed by atoms with E-state index < -0.39 is 11.4 Å². The Morgan fingerprint density at radius 2 is 2.28 bits per heavy atom. The number of nitrogens with zero attached hydrogens (tertiary/aromatic N) is 3. The van der Waals surface area contributed by atoms with Crippen LogP contribution in [-0.2, 0) is 23.7 Å². The van der Waals surface area contributed by atoms with Crippen LogP contribution in [-0.4, -0.2) is 34.6 Å². The first kappa shape index (κ1) is 17.6. The maximum absolute atomic E-state index is 14.4. The second kappa shape index (κ2) is 6.57. The molecule has 2 N–H and O–H groups in total. The van der Waals surface area contributed by atoms with Crippen molar-refractivity contribution in [1.29, 1.82) is 0 Å². The van der Waals surface area contributed by atoms with E-state index in [1.807, 2.05) is 0 Å². The van der Waals surface area contributed by atoms with Crippen LogP contribution in [0.2, 0.25) is 5.02 Å². The predicted octanol–water partition coefficient (Wildman–Crippen LogP) is 2.24. The molecule has 1 aromatic heterocycles. The van der Waals surface area contributed by atoms with Crippen LogP contribution in [0.3, 0.4) is 0 Å². The Balaban J connectivity index is 1.91. The summed E-state index contributed by atoms with van der Waals surface area (Å²) >= 11 is 6.01. The maximum atomic E-state index is 14.4. The van der Waals surface area contributed by atoms with Gasteiger partial charge in [-0.1, -0.05) is 17.7 Å². The van der Waals surface area contributed by atoms with Crippen molar-refractivity contribution >= 4 is 23.2 Å². The fourth-order valence-corrected chi connectivity index (χ4v) is 3.17. The first-order chi connectivity index (χ1) is 11.8. The van der Waals surface area contributed by atoms with Crippen molar-refractivity contribution in [1.82, 2.24) is 9.78 Å². The Morgan fingerprint density at radius 3 is 2.92 bits per heavy atom. The van der Waals surface area contributed by atoms with Crippen molar-refractivity contribution in [3.05, 3.63) is 52.1 Å². The molecule has 1 aliphatic rings. The number of nitrogens with two attached hydrogens (primary N) is 1. The number of hydrogen-bond donors (Lipinski definition) is 1. The van der Waals surface area contributed by atoms with Gasteiger partial charge in [-0.05, 0) is 24.6 Å². The van der Waals surface area contributed by atoms with Gasteiger partial charge in [-0.2, -0.15) is 5.10 Å². The van der Waals surface area contributed by atoms with Crippen LogP contribution in [0.25, 0.3) is 0 Å². The molecule has 2 aromatic rings. The lowest BCUT2D eigenvalue weighted by Gasteiger charge is -2.30. The topological polar surface area (TPSA) is 82.5 Å². The molecule has 0 radical (unpaired) electrons. The second-order valence-corrected chi connectivity index (χ2v) is 6.69. The zero-order valence-electron chi connectivity index (χ0n) is 13.9. The third kappa shape index (κ3) is 3.57. The lowest BCUT2D eigenvalue weighted by atomic mass is 9.90. The molecule has 1 aliphatic heterocycles. The molecule has 0 aliphatic carbocycles. The van der Waals surface area contributed by atoms with E-state index in [0.29, 0.717) is 22.0 Å². The molecule has 0 saturated heterocycles. The number of rotatable bonds is 4. The standard InChI is InChI=1S/C17H18ClFN4O2/c1-17(9-25-8-15(20)21-17)11-5-10(3-4-13(11)19)6-14(24)16-12(18)7-23(2)22-16/h3-5,7H,6,8-9H2,1-2H3,(H2,20,21)/t17-/m0/s1. The molecular formula is C17H18ClFN4O2. The molecule has 1 atom stereocenters. The summed E-state index contributed by atoms with van der Waals surface area (Å²) in [6, 6.07) is 4.51. The van der Waals surface area contributed by atoms with Gasteiger partial charge in [0.1, 0.15) is 29.5 Å². The Kier molecular flexibility index (Phi) is 4.62. The normalized spacial score (nSPS) is 20.4. The van der Waals surface area contributed by atoms with Crippen LogP contribution < -0.4 is 5.73 Å². The average molecular weight is 365 g/mol. The molecule has 0 amide bonds. The second-order valence-electron chi connectivity index (χ2n) is 6.28. The van der Waals surface area contributed by atoms with Crippen LogP contribution in [0.4, 0.5) is 4.39 Å². The highest BCUT2D eigenvalue weighted by Gasteiger charge is 2.33. The van der Waals surface area contributed by atoms with Gasteiger partial charge in [-0.15, -0.1) is 0 Å². The van der Waals surface area contributed by atoms with E-state index in [4.69, 9.17) is 22.1 Å². The molecule has 3 rings (SSSR count). The van der Waals surface area contributed by atoms with Gasteiger partial charge in [0.25, 0.3) is 0 Å². The molecular weight excluding hydrogens is 347 g/mol. The van der Waals surface area contributed by atoms with Gasteiger partial charge in [0, 0.05) is 25.2 Å². The number of aliphatic imine (C=N–C) groups is 1. The number of ether oxygens (including phenoxy) is 1. The van der Waals surface area contributed by atoms with E-state index in [0.717, 1.165) is 0 Å². The smallest absolute Gasteiger partial charge is 0.188 e. The number of Topliss-reactive ketones (excluding diaryl/α,β-unsaturated/α-hetero) is 1. The Morgan fingerprint density at radius 1 is 1.52 bits per heavy atom. The van der Waals surface area contributed by atoms with E-state index in [9.17, 15) is 9.18 Å². The molecule has 1 aromatic carbocycles. The molecule has 0 spiro atoms. The minimum absolute atomic E-state index is 0.0557. The van der Waals surface area contributed by atoms with Gasteiger partial charge in [-0.3, -0.25) is 14.5 Å². The number of ketones is 1. The highest BCUT2D eigenvalue weighted by molar-refractivity contribution is 6.33. The molecule has 132 valence electrons. The fraction of sp³-hybridized carbons (Fsp3) is 0.353. The average Bonchev–Trinajstić information content (AvgIpc) is 2.87. The number of amidine groups is 1. The SMILES string of the molecule is Cn1cc(Cl)c(C(=O)Cc2ccc(F)c([C@]3(C)COCC(N)=N3)c2)n1. The van der Waals surface area contributed by atoms with Crippen molar-refractivity contribution in [3.63, 3.8) is 0 Å². The number of aromatic nitrogens is 2. The summed E-state index contributed by atoms with van der Waals surface area (Å²) in [5.74, 6) is -0.345. The number of aryl methyl sites for hydroxylation is 1. The van der Waals surface area contributed by atoms with Gasteiger partial charge in [0.2, 0.25) is 0 Å². The van der Waals surface area contributed by atoms with Crippen molar-refractivity contribution in [2.75, 3.05) is 13.2 Å². The molecule has 0 fully saturated rings. The molecule has 25 heavy (non-hydrogen) atoms. The lowest BCUT2D eigenvalue weighted by Crippen LogP contribution is -2.38.